The Balaban J connectivity index is 3.18. The largest absolute Gasteiger partial charge is 0.478 e. The number of carboxylic acids is 1. The first-order valence-corrected chi connectivity index (χ1v) is 5.07. The van der Waals surface area contributed by atoms with Gasteiger partial charge in [0.05, 0.1) is 17.7 Å². The number of nitrogens with one attached hydrogen (secondary N) is 1. The molecule has 3 N–H and O–H groups in total. The van der Waals surface area contributed by atoms with Crippen molar-refractivity contribution in [2.75, 3.05) is 11.9 Å². The summed E-state index contributed by atoms with van der Waals surface area (Å²) in [5.41, 5.74) is -1.91. The second-order valence-corrected chi connectivity index (χ2v) is 3.79. The number of benzene rings is 1. The Morgan fingerprint density at radius 1 is 1.44 bits per heavy atom. The fraction of sp³-hybridized carbons (Fsp3) is 0.364. The van der Waals surface area contributed by atoms with E-state index in [0.29, 0.717) is 0 Å². The van der Waals surface area contributed by atoms with Gasteiger partial charge in [-0.1, -0.05) is 0 Å². The molecule has 0 fully saturated rings. The summed E-state index contributed by atoms with van der Waals surface area (Å²) in [5.74, 6) is -1.64. The summed E-state index contributed by atoms with van der Waals surface area (Å²) in [6.45, 7) is 1.33. The van der Waals surface area contributed by atoms with Gasteiger partial charge in [-0.05, 0) is 25.1 Å². The number of hydrogen-bond donors (Lipinski definition) is 3. The molecular formula is C11H12F3NO3. The van der Waals surface area contributed by atoms with Crippen LogP contribution < -0.4 is 5.32 Å². The number of rotatable bonds is 4. The smallest absolute Gasteiger partial charge is 0.417 e. The highest BCUT2D eigenvalue weighted by Gasteiger charge is 2.35. The van der Waals surface area contributed by atoms with E-state index in [1.807, 2.05) is 0 Å². The van der Waals surface area contributed by atoms with E-state index < -0.39 is 29.3 Å². The van der Waals surface area contributed by atoms with E-state index in [-0.39, 0.29) is 12.3 Å². The van der Waals surface area contributed by atoms with Crippen molar-refractivity contribution in [1.82, 2.24) is 0 Å². The molecule has 0 saturated carbocycles. The van der Waals surface area contributed by atoms with Crippen molar-refractivity contribution in [3.8, 4) is 0 Å². The van der Waals surface area contributed by atoms with Crippen LogP contribution in [0.25, 0.3) is 0 Å². The standard InChI is InChI=1S/C11H12F3NO3/c1-6(5-16)15-7-2-3-8(10(17)18)9(4-7)11(12,13)14/h2-4,6,15-16H,5H2,1H3,(H,17,18). The molecule has 0 radical (unpaired) electrons. The van der Waals surface area contributed by atoms with Gasteiger partial charge in [0.25, 0.3) is 0 Å². The molecule has 0 saturated heterocycles. The number of alkyl halides is 3. The summed E-state index contributed by atoms with van der Waals surface area (Å²) >= 11 is 0. The molecule has 100 valence electrons. The van der Waals surface area contributed by atoms with Crippen molar-refractivity contribution in [3.05, 3.63) is 29.3 Å². The molecule has 1 aromatic rings. The minimum atomic E-state index is -4.74. The molecule has 1 rings (SSSR count). The highest BCUT2D eigenvalue weighted by atomic mass is 19.4. The van der Waals surface area contributed by atoms with E-state index in [0.717, 1.165) is 12.1 Å². The SMILES string of the molecule is CC(CO)Nc1ccc(C(=O)O)c(C(F)(F)F)c1. The van der Waals surface area contributed by atoms with Gasteiger partial charge in [-0.2, -0.15) is 13.2 Å². The van der Waals surface area contributed by atoms with E-state index in [2.05, 4.69) is 5.32 Å². The molecule has 0 aliphatic heterocycles. The van der Waals surface area contributed by atoms with E-state index in [1.165, 1.54) is 6.07 Å². The second kappa shape index (κ2) is 5.26. The maximum Gasteiger partial charge on any atom is 0.417 e. The molecule has 0 spiro atoms. The molecule has 4 nitrogen and oxygen atoms in total. The van der Waals surface area contributed by atoms with Crippen molar-refractivity contribution in [3.63, 3.8) is 0 Å². The van der Waals surface area contributed by atoms with Crippen LogP contribution in [0, 0.1) is 0 Å². The van der Waals surface area contributed by atoms with E-state index in [4.69, 9.17) is 10.2 Å². The summed E-state index contributed by atoms with van der Waals surface area (Å²) in [7, 11) is 0. The lowest BCUT2D eigenvalue weighted by Gasteiger charge is -2.16. The van der Waals surface area contributed by atoms with Gasteiger partial charge < -0.3 is 15.5 Å². The molecule has 18 heavy (non-hydrogen) atoms. The molecule has 0 bridgehead atoms. The Kier molecular flexibility index (Phi) is 4.18. The zero-order valence-corrected chi connectivity index (χ0v) is 9.45. The lowest BCUT2D eigenvalue weighted by atomic mass is 10.1. The molecular weight excluding hydrogens is 251 g/mol. The number of aliphatic hydroxyl groups is 1. The summed E-state index contributed by atoms with van der Waals surface area (Å²) in [6.07, 6.45) is -4.74. The van der Waals surface area contributed by atoms with Crippen LogP contribution in [0.3, 0.4) is 0 Å². The number of hydrogen-bond acceptors (Lipinski definition) is 3. The van der Waals surface area contributed by atoms with Crippen LogP contribution in [0.1, 0.15) is 22.8 Å². The number of anilines is 1. The Bertz CT molecular complexity index is 446. The molecule has 7 heteroatoms. The fourth-order valence-corrected chi connectivity index (χ4v) is 1.39. The third-order valence-corrected chi connectivity index (χ3v) is 2.24. The van der Waals surface area contributed by atoms with Crippen molar-refractivity contribution in [2.45, 2.75) is 19.1 Å². The van der Waals surface area contributed by atoms with Gasteiger partial charge in [0.2, 0.25) is 0 Å². The highest BCUT2D eigenvalue weighted by Crippen LogP contribution is 2.34. The molecule has 0 aromatic heterocycles. The highest BCUT2D eigenvalue weighted by molar-refractivity contribution is 5.90. The van der Waals surface area contributed by atoms with Crippen LogP contribution >= 0.6 is 0 Å². The normalized spacial score (nSPS) is 13.2. The number of aromatic carboxylic acids is 1. The van der Waals surface area contributed by atoms with Gasteiger partial charge in [-0.15, -0.1) is 0 Å². The fourth-order valence-electron chi connectivity index (χ4n) is 1.39. The van der Waals surface area contributed by atoms with Gasteiger partial charge in [0.15, 0.2) is 0 Å². The number of halogens is 3. The molecule has 0 amide bonds. The monoisotopic (exact) mass is 263 g/mol. The van der Waals surface area contributed by atoms with Gasteiger partial charge in [0.1, 0.15) is 0 Å². The Morgan fingerprint density at radius 3 is 2.50 bits per heavy atom. The molecule has 1 unspecified atom stereocenters. The summed E-state index contributed by atoms with van der Waals surface area (Å²) in [5, 5.41) is 20.1. The van der Waals surface area contributed by atoms with E-state index >= 15 is 0 Å². The van der Waals surface area contributed by atoms with Gasteiger partial charge in [-0.3, -0.25) is 0 Å². The number of carboxylic acid groups (broad SMARTS) is 1. The molecule has 1 atom stereocenters. The zero-order chi connectivity index (χ0) is 13.9. The minimum Gasteiger partial charge on any atom is -0.478 e. The van der Waals surface area contributed by atoms with Crippen molar-refractivity contribution >= 4 is 11.7 Å². The first-order valence-electron chi connectivity index (χ1n) is 5.07. The Hall–Kier alpha value is -1.76. The Labute approximate surface area is 101 Å². The maximum atomic E-state index is 12.7. The third kappa shape index (κ3) is 3.36. The quantitative estimate of drug-likeness (QED) is 0.778. The van der Waals surface area contributed by atoms with Crippen LogP contribution in [-0.2, 0) is 6.18 Å². The lowest BCUT2D eigenvalue weighted by molar-refractivity contribution is -0.138. The van der Waals surface area contributed by atoms with Crippen molar-refractivity contribution in [1.29, 1.82) is 0 Å². The average Bonchev–Trinajstić information content (AvgIpc) is 2.27. The number of carbonyl (C=O) groups is 1. The Morgan fingerprint density at radius 2 is 2.06 bits per heavy atom. The molecule has 1 aromatic carbocycles. The van der Waals surface area contributed by atoms with Crippen LogP contribution in [0.15, 0.2) is 18.2 Å². The predicted molar refractivity (Wildman–Crippen MR) is 58.6 cm³/mol. The van der Waals surface area contributed by atoms with Crippen LogP contribution in [-0.4, -0.2) is 28.8 Å². The second-order valence-electron chi connectivity index (χ2n) is 3.79. The first-order chi connectivity index (χ1) is 8.25. The van der Waals surface area contributed by atoms with Gasteiger partial charge in [-0.25, -0.2) is 4.79 Å². The number of aliphatic hydroxyl groups excluding tert-OH is 1. The molecule has 0 aliphatic carbocycles. The summed E-state index contributed by atoms with van der Waals surface area (Å²) in [6, 6.07) is 2.40. The van der Waals surface area contributed by atoms with Gasteiger partial charge >= 0.3 is 12.1 Å². The van der Waals surface area contributed by atoms with Crippen LogP contribution in [0.2, 0.25) is 0 Å². The maximum absolute atomic E-state index is 12.7. The third-order valence-electron chi connectivity index (χ3n) is 2.24. The van der Waals surface area contributed by atoms with Crippen LogP contribution in [0.5, 0.6) is 0 Å². The van der Waals surface area contributed by atoms with Crippen molar-refractivity contribution in [2.24, 2.45) is 0 Å². The predicted octanol–water partition coefficient (Wildman–Crippen LogP) is 2.20. The summed E-state index contributed by atoms with van der Waals surface area (Å²) < 4.78 is 38.0. The van der Waals surface area contributed by atoms with E-state index in [9.17, 15) is 18.0 Å². The van der Waals surface area contributed by atoms with Crippen molar-refractivity contribution < 1.29 is 28.2 Å². The van der Waals surface area contributed by atoms with Gasteiger partial charge in [0, 0.05) is 11.7 Å². The molecule has 0 heterocycles. The summed E-state index contributed by atoms with van der Waals surface area (Å²) in [4.78, 5) is 10.7. The minimum absolute atomic E-state index is 0.105. The lowest BCUT2D eigenvalue weighted by Crippen LogP contribution is -2.20. The topological polar surface area (TPSA) is 69.6 Å². The van der Waals surface area contributed by atoms with Crippen LogP contribution in [0.4, 0.5) is 18.9 Å². The average molecular weight is 263 g/mol. The first kappa shape index (κ1) is 14.3. The molecule has 0 aliphatic rings. The van der Waals surface area contributed by atoms with E-state index in [1.54, 1.807) is 6.92 Å². The zero-order valence-electron chi connectivity index (χ0n) is 9.45.